The third kappa shape index (κ3) is 13.1. The molecule has 1 fully saturated rings. The molecule has 9 nitrogen and oxygen atoms in total. The molecule has 1 saturated carbocycles. The summed E-state index contributed by atoms with van der Waals surface area (Å²) >= 11 is 35.3. The van der Waals surface area contributed by atoms with Crippen molar-refractivity contribution in [3.05, 3.63) is 30.6 Å². The Kier molecular flexibility index (Phi) is 21.0. The molecule has 0 aliphatic heterocycles. The van der Waals surface area contributed by atoms with Crippen LogP contribution in [0.3, 0.4) is 0 Å². The van der Waals surface area contributed by atoms with Gasteiger partial charge >= 0.3 is 16.8 Å². The first-order chi connectivity index (χ1) is 8.93. The van der Waals surface area contributed by atoms with Gasteiger partial charge in [0.15, 0.2) is 0 Å². The Morgan fingerprint density at radius 3 is 0.636 bits per heavy atom. The molecular weight excluding hydrogens is 484 g/mol. The Morgan fingerprint density at radius 1 is 0.545 bits per heavy atom. The average Bonchev–Trinajstić information content (AvgIpc) is 2.30. The summed E-state index contributed by atoms with van der Waals surface area (Å²) in [5, 5.41) is 26.9. The summed E-state index contributed by atoms with van der Waals surface area (Å²) in [5.41, 5.74) is 0. The average molecular weight is 492 g/mol. The van der Waals surface area contributed by atoms with E-state index >= 15 is 0 Å². The predicted molar refractivity (Wildman–Crippen MR) is 82.2 cm³/mol. The number of nitrogens with zero attached hydrogens (tertiary/aromatic N) is 2. The molecule has 0 saturated heterocycles. The normalized spacial score (nSPS) is 32.5. The first-order valence-electron chi connectivity index (χ1n) is 4.40. The fourth-order valence-electron chi connectivity index (χ4n) is 1.05. The van der Waals surface area contributed by atoms with Crippen LogP contribution >= 0.6 is 69.6 Å². The van der Waals surface area contributed by atoms with E-state index in [2.05, 4.69) is 0 Å². The summed E-state index contributed by atoms with van der Waals surface area (Å²) in [4.78, 5) is 16.5. The number of hydrogen-bond donors (Lipinski definition) is 0. The predicted octanol–water partition coefficient (Wildman–Crippen LogP) is 2.34. The van der Waals surface area contributed by atoms with Crippen molar-refractivity contribution in [2.75, 3.05) is 0 Å². The molecule has 22 heavy (non-hydrogen) atoms. The minimum atomic E-state index is -1.75. The van der Waals surface area contributed by atoms with Crippen LogP contribution in [0.1, 0.15) is 0 Å². The van der Waals surface area contributed by atoms with Gasteiger partial charge in [-0.1, -0.05) is 0 Å². The van der Waals surface area contributed by atoms with Crippen LogP contribution in [-0.2, 0) is 16.8 Å². The quantitative estimate of drug-likeness (QED) is 0.286. The van der Waals surface area contributed by atoms with Gasteiger partial charge in [-0.3, -0.25) is 0 Å². The second-order valence-electron chi connectivity index (χ2n) is 3.11. The Bertz CT molecular complexity index is 253. The van der Waals surface area contributed by atoms with E-state index in [-0.39, 0.29) is 22.3 Å². The maximum Gasteiger partial charge on any atom is 2.00 e. The van der Waals surface area contributed by atoms with Crippen molar-refractivity contribution in [2.45, 2.75) is 32.3 Å². The van der Waals surface area contributed by atoms with Crippen molar-refractivity contribution in [3.8, 4) is 0 Å². The van der Waals surface area contributed by atoms with Crippen LogP contribution in [0.2, 0.25) is 0 Å². The van der Waals surface area contributed by atoms with Crippen molar-refractivity contribution in [1.82, 2.24) is 0 Å². The molecule has 2 N–H and O–H groups in total. The Balaban J connectivity index is -0.000000138. The number of alkyl halides is 6. The van der Waals surface area contributed by atoms with Crippen LogP contribution in [0.15, 0.2) is 0 Å². The molecule has 0 unspecified atom stereocenters. The van der Waals surface area contributed by atoms with Gasteiger partial charge in [-0.05, 0) is 0 Å². The summed E-state index contributed by atoms with van der Waals surface area (Å²) < 4.78 is 0. The molecule has 0 aromatic carbocycles. The summed E-state index contributed by atoms with van der Waals surface area (Å²) in [6.45, 7) is 0. The molecule has 1 aliphatic carbocycles. The molecule has 0 atom stereocenters. The van der Waals surface area contributed by atoms with Crippen molar-refractivity contribution >= 4 is 69.6 Å². The molecule has 135 valence electrons. The van der Waals surface area contributed by atoms with E-state index in [1.54, 1.807) is 0 Å². The smallest absolute Gasteiger partial charge is 0.412 e. The molecule has 0 aromatic heterocycles. The van der Waals surface area contributed by atoms with E-state index in [0.717, 1.165) is 0 Å². The van der Waals surface area contributed by atoms with E-state index in [9.17, 15) is 0 Å². The van der Waals surface area contributed by atoms with Gasteiger partial charge < -0.3 is 36.1 Å². The van der Waals surface area contributed by atoms with Crippen molar-refractivity contribution in [2.24, 2.45) is 0 Å². The van der Waals surface area contributed by atoms with Crippen LogP contribution in [0, 0.1) is 30.6 Å². The van der Waals surface area contributed by atoms with E-state index in [1.807, 2.05) is 0 Å². The van der Waals surface area contributed by atoms with Gasteiger partial charge in [0.1, 0.15) is 0 Å². The fourth-order valence-corrected chi connectivity index (χ4v) is 3.38. The molecular formula is C6H8Cl6CoN2O7. The zero-order valence-electron chi connectivity index (χ0n) is 9.91. The molecule has 0 spiro atoms. The number of halogens is 6. The summed E-state index contributed by atoms with van der Waals surface area (Å²) in [6.07, 6.45) is 0. The van der Waals surface area contributed by atoms with Gasteiger partial charge in [0, 0.05) is 0 Å². The van der Waals surface area contributed by atoms with Crippen LogP contribution in [0.4, 0.5) is 0 Å². The number of rotatable bonds is 0. The molecule has 1 aliphatic rings. The zero-order valence-corrected chi connectivity index (χ0v) is 15.5. The third-order valence-electron chi connectivity index (χ3n) is 1.83. The van der Waals surface area contributed by atoms with Crippen molar-refractivity contribution in [1.29, 1.82) is 0 Å². The molecule has 16 heteroatoms. The Labute approximate surface area is 164 Å². The summed E-state index contributed by atoms with van der Waals surface area (Å²) in [6, 6.07) is 0. The van der Waals surface area contributed by atoms with Gasteiger partial charge in [-0.15, -0.1) is 69.6 Å². The van der Waals surface area contributed by atoms with E-state index < -0.39 is 42.4 Å². The van der Waals surface area contributed by atoms with E-state index in [1.165, 1.54) is 0 Å². The molecule has 0 heterocycles. The van der Waals surface area contributed by atoms with Gasteiger partial charge in [0.05, 0.1) is 42.4 Å². The van der Waals surface area contributed by atoms with Crippen molar-refractivity contribution < 1.29 is 32.4 Å². The monoisotopic (exact) mass is 489 g/mol. The first-order valence-corrected chi connectivity index (χ1v) is 7.02. The molecule has 0 amide bonds. The number of hydrogen-bond acceptors (Lipinski definition) is 6. The van der Waals surface area contributed by atoms with Crippen molar-refractivity contribution in [3.63, 3.8) is 0 Å². The topological polar surface area (TPSA) is 164 Å². The van der Waals surface area contributed by atoms with E-state index in [4.69, 9.17) is 100 Å². The summed E-state index contributed by atoms with van der Waals surface area (Å²) in [5.74, 6) is 0. The molecule has 0 aromatic rings. The third-order valence-corrected chi connectivity index (χ3v) is 5.86. The molecule has 1 radical (unpaired) electrons. The largest absolute Gasteiger partial charge is 2.00 e. The van der Waals surface area contributed by atoms with Crippen LogP contribution in [-0.4, -0.2) is 47.9 Å². The van der Waals surface area contributed by atoms with Gasteiger partial charge in [-0.25, -0.2) is 0 Å². The van der Waals surface area contributed by atoms with E-state index in [0.29, 0.717) is 0 Å². The SMILES string of the molecule is Cl[C@H]1[C@H](Cl)[C@@H](Cl)[C@@H](Cl)[C@H](Cl)[C@H]1Cl.O.O=[N+]([O-])[O-].O=[N+]([O-])[O-].[Co+2]. The second-order valence-corrected chi connectivity index (χ2v) is 6.14. The Morgan fingerprint density at radius 2 is 0.591 bits per heavy atom. The maximum atomic E-state index is 8.25. The zero-order chi connectivity index (χ0) is 16.6. The summed E-state index contributed by atoms with van der Waals surface area (Å²) in [7, 11) is 0. The van der Waals surface area contributed by atoms with Gasteiger partial charge in [0.2, 0.25) is 0 Å². The fraction of sp³-hybridized carbons (Fsp3) is 1.00. The van der Waals surface area contributed by atoms with Gasteiger partial charge in [0.25, 0.3) is 0 Å². The Hall–Kier alpha value is 0.606. The second kappa shape index (κ2) is 15.2. The van der Waals surface area contributed by atoms with Crippen LogP contribution < -0.4 is 0 Å². The van der Waals surface area contributed by atoms with Crippen LogP contribution in [0.25, 0.3) is 0 Å². The first kappa shape index (κ1) is 30.5. The molecule has 0 bridgehead atoms. The minimum Gasteiger partial charge on any atom is -0.412 e. The minimum absolute atomic E-state index is 0. The maximum absolute atomic E-state index is 8.25. The standard InChI is InChI=1S/C6H6Cl6.Co.2NO3.H2O/c7-1-2(8)4(10)6(12)5(11)3(1)9;;2*2-1(3)4;/h1-6H;;;;1H2/q;+2;2*-1;/t1-,2-,3-,4+,5+,6+;;;;. The van der Waals surface area contributed by atoms with Gasteiger partial charge in [-0.2, -0.15) is 0 Å². The molecule has 1 rings (SSSR count). The van der Waals surface area contributed by atoms with Crippen LogP contribution in [0.5, 0.6) is 0 Å².